The minimum absolute atomic E-state index is 0.704. The van der Waals surface area contributed by atoms with Gasteiger partial charge in [0.05, 0.1) is 18.9 Å². The van der Waals surface area contributed by atoms with Crippen LogP contribution in [0, 0.1) is 0 Å². The zero-order valence-electron chi connectivity index (χ0n) is 10.1. The molecule has 0 aliphatic carbocycles. The fourth-order valence-electron chi connectivity index (χ4n) is 1.84. The predicted molar refractivity (Wildman–Crippen MR) is 72.7 cm³/mol. The second-order valence-corrected chi connectivity index (χ2v) is 4.86. The zero-order chi connectivity index (χ0) is 12.4. The summed E-state index contributed by atoms with van der Waals surface area (Å²) in [4.78, 5) is 4.48. The van der Waals surface area contributed by atoms with E-state index in [1.807, 2.05) is 30.6 Å². The van der Waals surface area contributed by atoms with E-state index in [9.17, 15) is 0 Å². The van der Waals surface area contributed by atoms with Crippen molar-refractivity contribution in [1.82, 2.24) is 4.98 Å². The van der Waals surface area contributed by atoms with Crippen molar-refractivity contribution in [1.29, 1.82) is 0 Å². The van der Waals surface area contributed by atoms with Gasteiger partial charge in [-0.25, -0.2) is 4.98 Å². The van der Waals surface area contributed by atoms with Crippen LogP contribution >= 0.6 is 11.3 Å². The van der Waals surface area contributed by atoms with Gasteiger partial charge in [0.1, 0.15) is 0 Å². The number of hydrogen-bond donors (Lipinski definition) is 1. The molecule has 1 aliphatic rings. The van der Waals surface area contributed by atoms with Crippen LogP contribution in [0.25, 0.3) is 11.3 Å². The molecule has 2 heterocycles. The van der Waals surface area contributed by atoms with Crippen LogP contribution in [0.15, 0.2) is 23.6 Å². The van der Waals surface area contributed by atoms with Gasteiger partial charge in [-0.15, -0.1) is 11.3 Å². The minimum Gasteiger partial charge on any atom is -0.490 e. The first-order valence-corrected chi connectivity index (χ1v) is 6.78. The third kappa shape index (κ3) is 2.13. The highest BCUT2D eigenvalue weighted by molar-refractivity contribution is 7.14. The van der Waals surface area contributed by atoms with E-state index in [4.69, 9.17) is 9.47 Å². The van der Waals surface area contributed by atoms with E-state index in [1.54, 1.807) is 11.3 Å². The van der Waals surface area contributed by atoms with Crippen molar-refractivity contribution in [3.8, 4) is 22.8 Å². The molecule has 94 valence electrons. The highest BCUT2D eigenvalue weighted by Crippen LogP contribution is 2.34. The summed E-state index contributed by atoms with van der Waals surface area (Å²) in [6.07, 6.45) is 0.921. The van der Waals surface area contributed by atoms with Gasteiger partial charge in [-0.2, -0.15) is 0 Å². The van der Waals surface area contributed by atoms with Gasteiger partial charge in [-0.1, -0.05) is 0 Å². The Hall–Kier alpha value is -1.75. The van der Waals surface area contributed by atoms with E-state index in [1.165, 1.54) is 0 Å². The average Bonchev–Trinajstić information content (AvgIpc) is 2.76. The lowest BCUT2D eigenvalue weighted by molar-refractivity contribution is 0.297. The smallest absolute Gasteiger partial charge is 0.182 e. The molecule has 5 heteroatoms. The van der Waals surface area contributed by atoms with Gasteiger partial charge in [0.25, 0.3) is 0 Å². The molecular weight excluding hydrogens is 248 g/mol. The van der Waals surface area contributed by atoms with E-state index >= 15 is 0 Å². The number of anilines is 1. The van der Waals surface area contributed by atoms with Crippen LogP contribution in [0.4, 0.5) is 5.13 Å². The molecule has 0 unspecified atom stereocenters. The summed E-state index contributed by atoms with van der Waals surface area (Å²) in [7, 11) is 1.87. The van der Waals surface area contributed by atoms with Gasteiger partial charge in [-0.05, 0) is 18.2 Å². The summed E-state index contributed by atoms with van der Waals surface area (Å²) in [6, 6.07) is 5.96. The molecule has 2 aromatic rings. The summed E-state index contributed by atoms with van der Waals surface area (Å²) in [6.45, 7) is 1.42. The van der Waals surface area contributed by atoms with Gasteiger partial charge < -0.3 is 14.8 Å². The van der Waals surface area contributed by atoms with Gasteiger partial charge in [0, 0.05) is 24.4 Å². The number of benzene rings is 1. The van der Waals surface area contributed by atoms with Crippen molar-refractivity contribution < 1.29 is 9.47 Å². The monoisotopic (exact) mass is 262 g/mol. The first-order valence-electron chi connectivity index (χ1n) is 5.90. The number of hydrogen-bond acceptors (Lipinski definition) is 5. The maximum Gasteiger partial charge on any atom is 0.182 e. The normalized spacial score (nSPS) is 14.1. The van der Waals surface area contributed by atoms with Crippen molar-refractivity contribution in [3.05, 3.63) is 23.6 Å². The zero-order valence-corrected chi connectivity index (χ0v) is 10.9. The fourth-order valence-corrected chi connectivity index (χ4v) is 2.52. The summed E-state index contributed by atoms with van der Waals surface area (Å²) in [5.41, 5.74) is 2.01. The molecule has 0 saturated carbocycles. The van der Waals surface area contributed by atoms with Gasteiger partial charge in [0.15, 0.2) is 16.6 Å². The quantitative estimate of drug-likeness (QED) is 0.903. The Kier molecular flexibility index (Phi) is 3.06. The maximum atomic E-state index is 5.68. The first-order chi connectivity index (χ1) is 8.86. The van der Waals surface area contributed by atoms with Crippen molar-refractivity contribution in [2.75, 3.05) is 25.6 Å². The van der Waals surface area contributed by atoms with Crippen molar-refractivity contribution in [3.63, 3.8) is 0 Å². The van der Waals surface area contributed by atoms with E-state index in [-0.39, 0.29) is 0 Å². The number of thiazole rings is 1. The highest BCUT2D eigenvalue weighted by Gasteiger charge is 2.12. The number of fused-ring (bicyclic) bond motifs is 1. The van der Waals surface area contributed by atoms with Crippen molar-refractivity contribution in [2.24, 2.45) is 0 Å². The third-order valence-corrected chi connectivity index (χ3v) is 3.62. The molecule has 18 heavy (non-hydrogen) atoms. The summed E-state index contributed by atoms with van der Waals surface area (Å²) >= 11 is 1.59. The number of aromatic nitrogens is 1. The lowest BCUT2D eigenvalue weighted by Crippen LogP contribution is -1.97. The molecule has 0 atom stereocenters. The van der Waals surface area contributed by atoms with Gasteiger partial charge in [0.2, 0.25) is 0 Å². The second-order valence-electron chi connectivity index (χ2n) is 4.00. The van der Waals surface area contributed by atoms with Crippen LogP contribution in [0.1, 0.15) is 6.42 Å². The van der Waals surface area contributed by atoms with Crippen LogP contribution in [-0.4, -0.2) is 25.2 Å². The largest absolute Gasteiger partial charge is 0.490 e. The average molecular weight is 262 g/mol. The molecule has 0 spiro atoms. The summed E-state index contributed by atoms with van der Waals surface area (Å²) in [5.74, 6) is 1.63. The highest BCUT2D eigenvalue weighted by atomic mass is 32.1. The van der Waals surface area contributed by atoms with Crippen LogP contribution in [0.5, 0.6) is 11.5 Å². The standard InChI is InChI=1S/C13H14N2O2S/c1-14-13-15-10(8-18-13)9-3-4-11-12(7-9)17-6-2-5-16-11/h3-4,7-8H,2,5-6H2,1H3,(H,14,15). The lowest BCUT2D eigenvalue weighted by atomic mass is 10.1. The Balaban J connectivity index is 1.95. The number of ether oxygens (including phenoxy) is 2. The van der Waals surface area contributed by atoms with Crippen LogP contribution in [0.3, 0.4) is 0 Å². The minimum atomic E-state index is 0.704. The Morgan fingerprint density at radius 1 is 1.22 bits per heavy atom. The molecule has 4 nitrogen and oxygen atoms in total. The Morgan fingerprint density at radius 2 is 2.06 bits per heavy atom. The van der Waals surface area contributed by atoms with Crippen LogP contribution in [-0.2, 0) is 0 Å². The fraction of sp³-hybridized carbons (Fsp3) is 0.308. The number of nitrogens with zero attached hydrogens (tertiary/aromatic N) is 1. The number of rotatable bonds is 2. The molecule has 0 radical (unpaired) electrons. The topological polar surface area (TPSA) is 43.4 Å². The molecule has 1 aromatic heterocycles. The maximum absolute atomic E-state index is 5.68. The van der Waals surface area contributed by atoms with Crippen LogP contribution in [0.2, 0.25) is 0 Å². The second kappa shape index (κ2) is 4.86. The molecule has 1 aliphatic heterocycles. The van der Waals surface area contributed by atoms with Gasteiger partial charge in [-0.3, -0.25) is 0 Å². The molecule has 0 bridgehead atoms. The van der Waals surface area contributed by atoms with Crippen molar-refractivity contribution >= 4 is 16.5 Å². The SMILES string of the molecule is CNc1nc(-c2ccc3c(c2)OCCCO3)cs1. The molecule has 0 saturated heterocycles. The molecule has 1 N–H and O–H groups in total. The van der Waals surface area contributed by atoms with E-state index in [2.05, 4.69) is 10.3 Å². The number of nitrogens with one attached hydrogen (secondary N) is 1. The predicted octanol–water partition coefficient (Wildman–Crippen LogP) is 3.01. The van der Waals surface area contributed by atoms with E-state index in [0.29, 0.717) is 13.2 Å². The molecule has 1 aromatic carbocycles. The van der Waals surface area contributed by atoms with E-state index in [0.717, 1.165) is 34.3 Å². The Labute approximate surface area is 110 Å². The molecule has 3 rings (SSSR count). The third-order valence-electron chi connectivity index (χ3n) is 2.76. The molecule has 0 fully saturated rings. The lowest BCUT2D eigenvalue weighted by Gasteiger charge is -2.08. The summed E-state index contributed by atoms with van der Waals surface area (Å²) in [5, 5.41) is 5.99. The van der Waals surface area contributed by atoms with Crippen molar-refractivity contribution in [2.45, 2.75) is 6.42 Å². The van der Waals surface area contributed by atoms with Gasteiger partial charge >= 0.3 is 0 Å². The Morgan fingerprint density at radius 3 is 2.83 bits per heavy atom. The molecular formula is C13H14N2O2S. The summed E-state index contributed by atoms with van der Waals surface area (Å²) < 4.78 is 11.3. The first kappa shape index (κ1) is 11.3. The molecule has 0 amide bonds. The Bertz CT molecular complexity index is 554. The van der Waals surface area contributed by atoms with Crippen LogP contribution < -0.4 is 14.8 Å². The van der Waals surface area contributed by atoms with E-state index < -0.39 is 0 Å².